The largest absolute Gasteiger partial charge is 0.481 e. The van der Waals surface area contributed by atoms with Crippen molar-refractivity contribution in [2.24, 2.45) is 0 Å². The lowest BCUT2D eigenvalue weighted by molar-refractivity contribution is -0.137. The van der Waals surface area contributed by atoms with E-state index in [-0.39, 0.29) is 18.0 Å². The first-order valence-corrected chi connectivity index (χ1v) is 6.58. The molecule has 1 N–H and O–H groups in total. The Labute approximate surface area is 106 Å². The van der Waals surface area contributed by atoms with E-state index in [4.69, 9.17) is 5.11 Å². The van der Waals surface area contributed by atoms with E-state index in [0.717, 1.165) is 5.01 Å². The van der Waals surface area contributed by atoms with Gasteiger partial charge in [0.2, 0.25) is 0 Å². The Morgan fingerprint density at radius 1 is 1.59 bits per heavy atom. The average molecular weight is 256 g/mol. The lowest BCUT2D eigenvalue weighted by atomic mass is 10.0. The van der Waals surface area contributed by atoms with E-state index in [0.29, 0.717) is 6.54 Å². The van der Waals surface area contributed by atoms with Gasteiger partial charge in [-0.25, -0.2) is 4.98 Å². The maximum atomic E-state index is 10.7. The fourth-order valence-corrected chi connectivity index (χ4v) is 2.61. The van der Waals surface area contributed by atoms with Gasteiger partial charge < -0.3 is 5.11 Å². The van der Waals surface area contributed by atoms with Gasteiger partial charge in [-0.1, -0.05) is 0 Å². The number of carbonyl (C=O) groups is 1. The molecular weight excluding hydrogens is 236 g/mol. The van der Waals surface area contributed by atoms with Gasteiger partial charge in [0, 0.05) is 23.7 Å². The third-order valence-electron chi connectivity index (χ3n) is 2.70. The molecule has 0 fully saturated rings. The van der Waals surface area contributed by atoms with Crippen LogP contribution in [0.3, 0.4) is 0 Å². The van der Waals surface area contributed by atoms with Crippen LogP contribution >= 0.6 is 11.3 Å². The molecule has 0 bridgehead atoms. The zero-order chi connectivity index (χ0) is 13.1. The van der Waals surface area contributed by atoms with Crippen LogP contribution in [0.1, 0.15) is 45.2 Å². The number of carboxylic acids is 1. The molecule has 0 aromatic carbocycles. The van der Waals surface area contributed by atoms with Gasteiger partial charge in [0.25, 0.3) is 0 Å². The van der Waals surface area contributed by atoms with Crippen molar-refractivity contribution in [3.8, 4) is 0 Å². The Hall–Kier alpha value is -0.940. The predicted octanol–water partition coefficient (Wildman–Crippen LogP) is 2.78. The summed E-state index contributed by atoms with van der Waals surface area (Å²) in [5.74, 6) is -0.759. The van der Waals surface area contributed by atoms with E-state index >= 15 is 0 Å². The number of hydrogen-bond donors (Lipinski definition) is 1. The smallest absolute Gasteiger partial charge is 0.304 e. The Morgan fingerprint density at radius 2 is 2.24 bits per heavy atom. The molecule has 1 aromatic heterocycles. The molecule has 0 aliphatic carbocycles. The number of thiazole rings is 1. The van der Waals surface area contributed by atoms with Crippen molar-refractivity contribution in [2.45, 2.75) is 45.7 Å². The first kappa shape index (κ1) is 14.1. The van der Waals surface area contributed by atoms with Gasteiger partial charge in [-0.05, 0) is 27.7 Å². The fraction of sp³-hybridized carbons (Fsp3) is 0.667. The molecule has 0 amide bonds. The highest BCUT2D eigenvalue weighted by atomic mass is 32.1. The van der Waals surface area contributed by atoms with Crippen LogP contribution in [0.4, 0.5) is 0 Å². The summed E-state index contributed by atoms with van der Waals surface area (Å²) in [5.41, 5.74) is -0.0689. The van der Waals surface area contributed by atoms with Crippen molar-refractivity contribution < 1.29 is 9.90 Å². The molecule has 0 spiro atoms. The molecule has 1 rings (SSSR count). The summed E-state index contributed by atoms with van der Waals surface area (Å²) >= 11 is 1.61. The summed E-state index contributed by atoms with van der Waals surface area (Å²) in [4.78, 5) is 17.2. The van der Waals surface area contributed by atoms with Crippen LogP contribution in [-0.2, 0) is 4.79 Å². The van der Waals surface area contributed by atoms with Crippen molar-refractivity contribution in [3.05, 3.63) is 16.6 Å². The second-order valence-electron chi connectivity index (χ2n) is 5.05. The van der Waals surface area contributed by atoms with Gasteiger partial charge in [0.05, 0.1) is 12.5 Å². The van der Waals surface area contributed by atoms with E-state index in [1.807, 2.05) is 5.38 Å². The van der Waals surface area contributed by atoms with Gasteiger partial charge in [-0.15, -0.1) is 11.3 Å². The Balaban J connectivity index is 2.79. The molecule has 1 unspecified atom stereocenters. The molecule has 1 aromatic rings. The molecule has 0 saturated heterocycles. The van der Waals surface area contributed by atoms with Crippen molar-refractivity contribution in [1.29, 1.82) is 0 Å². The predicted molar refractivity (Wildman–Crippen MR) is 69.2 cm³/mol. The van der Waals surface area contributed by atoms with Crippen LogP contribution in [-0.4, -0.2) is 33.0 Å². The molecule has 96 valence electrons. The van der Waals surface area contributed by atoms with Crippen molar-refractivity contribution in [2.75, 3.05) is 6.54 Å². The quantitative estimate of drug-likeness (QED) is 0.880. The Bertz CT molecular complexity index is 357. The van der Waals surface area contributed by atoms with Crippen LogP contribution in [0.25, 0.3) is 0 Å². The molecule has 0 saturated carbocycles. The van der Waals surface area contributed by atoms with E-state index < -0.39 is 5.97 Å². The SMILES string of the molecule is CC(c1nccs1)N(CCC(=O)O)C(C)(C)C. The highest BCUT2D eigenvalue weighted by Gasteiger charge is 2.28. The van der Waals surface area contributed by atoms with Gasteiger partial charge in [0.15, 0.2) is 0 Å². The number of aliphatic carboxylic acids is 1. The molecular formula is C12H20N2O2S. The van der Waals surface area contributed by atoms with E-state index in [1.54, 1.807) is 17.5 Å². The maximum absolute atomic E-state index is 10.7. The number of carboxylic acid groups (broad SMARTS) is 1. The number of aromatic nitrogens is 1. The first-order valence-electron chi connectivity index (χ1n) is 5.70. The van der Waals surface area contributed by atoms with Crippen LogP contribution in [0.2, 0.25) is 0 Å². The second kappa shape index (κ2) is 5.60. The number of hydrogen-bond acceptors (Lipinski definition) is 4. The zero-order valence-corrected chi connectivity index (χ0v) is 11.6. The maximum Gasteiger partial charge on any atom is 0.304 e. The third-order valence-corrected chi connectivity index (χ3v) is 3.65. The topological polar surface area (TPSA) is 53.4 Å². The lowest BCUT2D eigenvalue weighted by Crippen LogP contribution is -2.44. The van der Waals surface area contributed by atoms with Gasteiger partial charge in [0.1, 0.15) is 5.01 Å². The van der Waals surface area contributed by atoms with Crippen molar-refractivity contribution in [3.63, 3.8) is 0 Å². The van der Waals surface area contributed by atoms with E-state index in [9.17, 15) is 4.79 Å². The molecule has 1 atom stereocenters. The second-order valence-corrected chi connectivity index (χ2v) is 5.98. The first-order chi connectivity index (χ1) is 7.82. The molecule has 0 aliphatic heterocycles. The highest BCUT2D eigenvalue weighted by molar-refractivity contribution is 7.09. The molecule has 1 heterocycles. The van der Waals surface area contributed by atoms with Crippen LogP contribution in [0.5, 0.6) is 0 Å². The minimum atomic E-state index is -0.759. The Kier molecular flexibility index (Phi) is 4.65. The summed E-state index contributed by atoms with van der Waals surface area (Å²) in [6, 6.07) is 0.148. The molecule has 5 heteroatoms. The van der Waals surface area contributed by atoms with Gasteiger partial charge >= 0.3 is 5.97 Å². The van der Waals surface area contributed by atoms with Crippen molar-refractivity contribution >= 4 is 17.3 Å². The van der Waals surface area contributed by atoms with E-state index in [1.165, 1.54) is 0 Å². The normalized spacial score (nSPS) is 13.9. The number of nitrogens with zero attached hydrogens (tertiary/aromatic N) is 2. The van der Waals surface area contributed by atoms with E-state index in [2.05, 4.69) is 37.6 Å². The molecule has 0 radical (unpaired) electrons. The minimum absolute atomic E-state index is 0.0689. The van der Waals surface area contributed by atoms with Crippen LogP contribution < -0.4 is 0 Å². The summed E-state index contributed by atoms with van der Waals surface area (Å²) in [5, 5.41) is 11.8. The monoisotopic (exact) mass is 256 g/mol. The lowest BCUT2D eigenvalue weighted by Gasteiger charge is -2.39. The third kappa shape index (κ3) is 4.09. The van der Waals surface area contributed by atoms with Gasteiger partial charge in [-0.2, -0.15) is 0 Å². The van der Waals surface area contributed by atoms with Crippen molar-refractivity contribution in [1.82, 2.24) is 9.88 Å². The molecule has 0 aliphatic rings. The van der Waals surface area contributed by atoms with Crippen LogP contribution in [0, 0.1) is 0 Å². The summed E-state index contributed by atoms with van der Waals surface area (Å²) in [6.45, 7) is 8.91. The Morgan fingerprint density at radius 3 is 2.65 bits per heavy atom. The summed E-state index contributed by atoms with van der Waals surface area (Å²) in [6.07, 6.45) is 1.95. The standard InChI is InChI=1S/C12H20N2O2S/c1-9(11-13-6-8-17-11)14(12(2,3)4)7-5-10(15)16/h6,8-9H,5,7H2,1-4H3,(H,15,16). The fourth-order valence-electron chi connectivity index (χ4n) is 1.90. The van der Waals surface area contributed by atoms with Crippen LogP contribution in [0.15, 0.2) is 11.6 Å². The highest BCUT2D eigenvalue weighted by Crippen LogP contribution is 2.29. The summed E-state index contributed by atoms with van der Waals surface area (Å²) in [7, 11) is 0. The average Bonchev–Trinajstić information content (AvgIpc) is 2.67. The van der Waals surface area contributed by atoms with Gasteiger partial charge in [-0.3, -0.25) is 9.69 Å². The summed E-state index contributed by atoms with van der Waals surface area (Å²) < 4.78 is 0. The minimum Gasteiger partial charge on any atom is -0.481 e. The molecule has 4 nitrogen and oxygen atoms in total. The number of rotatable bonds is 5. The molecule has 17 heavy (non-hydrogen) atoms. The zero-order valence-electron chi connectivity index (χ0n) is 10.8.